The van der Waals surface area contributed by atoms with Crippen LogP contribution in [0.1, 0.15) is 12.2 Å². The summed E-state index contributed by atoms with van der Waals surface area (Å²) in [5, 5.41) is 10.8. The molecule has 7 heteroatoms. The molecule has 0 amide bonds. The highest BCUT2D eigenvalue weighted by molar-refractivity contribution is 6.42. The Morgan fingerprint density at radius 1 is 1.28 bits per heavy atom. The van der Waals surface area contributed by atoms with Gasteiger partial charge in [-0.2, -0.15) is 5.10 Å². The average molecular weight is 286 g/mol. The highest BCUT2D eigenvalue weighted by Crippen LogP contribution is 2.30. The number of nitrogens with two attached hydrogens (primary N) is 1. The van der Waals surface area contributed by atoms with Crippen LogP contribution in [0.3, 0.4) is 0 Å². The first-order chi connectivity index (χ1) is 8.66. The van der Waals surface area contributed by atoms with Gasteiger partial charge < -0.3 is 11.1 Å². The third-order valence-electron chi connectivity index (χ3n) is 2.46. The third-order valence-corrected chi connectivity index (χ3v) is 3.19. The average Bonchev–Trinajstić information content (AvgIpc) is 2.84. The van der Waals surface area contributed by atoms with Crippen molar-refractivity contribution in [2.75, 3.05) is 17.6 Å². The van der Waals surface area contributed by atoms with Gasteiger partial charge in [-0.1, -0.05) is 23.2 Å². The zero-order valence-electron chi connectivity index (χ0n) is 9.58. The molecule has 0 atom stereocenters. The van der Waals surface area contributed by atoms with Gasteiger partial charge >= 0.3 is 0 Å². The van der Waals surface area contributed by atoms with Crippen LogP contribution in [0.5, 0.6) is 0 Å². The number of aromatic nitrogens is 3. The Kier molecular flexibility index (Phi) is 4.28. The molecule has 0 unspecified atom stereocenters. The van der Waals surface area contributed by atoms with E-state index in [4.69, 9.17) is 28.9 Å². The Morgan fingerprint density at radius 3 is 2.78 bits per heavy atom. The van der Waals surface area contributed by atoms with E-state index in [-0.39, 0.29) is 0 Å². The SMILES string of the molecule is Nc1cc(Cl)c(Cl)cc1NCCCc1ncn[nH]1. The largest absolute Gasteiger partial charge is 0.397 e. The molecule has 0 saturated heterocycles. The van der Waals surface area contributed by atoms with Gasteiger partial charge in [0.2, 0.25) is 0 Å². The van der Waals surface area contributed by atoms with Gasteiger partial charge in [0.15, 0.2) is 0 Å². The minimum Gasteiger partial charge on any atom is -0.397 e. The lowest BCUT2D eigenvalue weighted by Crippen LogP contribution is -2.06. The van der Waals surface area contributed by atoms with Crippen molar-refractivity contribution in [2.24, 2.45) is 0 Å². The molecule has 1 aromatic heterocycles. The molecule has 18 heavy (non-hydrogen) atoms. The van der Waals surface area contributed by atoms with Gasteiger partial charge in [0, 0.05) is 13.0 Å². The fourth-order valence-corrected chi connectivity index (χ4v) is 1.88. The summed E-state index contributed by atoms with van der Waals surface area (Å²) in [6.07, 6.45) is 3.24. The third kappa shape index (κ3) is 3.27. The molecular weight excluding hydrogens is 273 g/mol. The molecule has 0 aliphatic carbocycles. The van der Waals surface area contributed by atoms with Crippen LogP contribution >= 0.6 is 23.2 Å². The van der Waals surface area contributed by atoms with Crippen molar-refractivity contribution in [2.45, 2.75) is 12.8 Å². The van der Waals surface area contributed by atoms with Gasteiger partial charge in [0.25, 0.3) is 0 Å². The fourth-order valence-electron chi connectivity index (χ4n) is 1.55. The Labute approximate surface area is 115 Å². The van der Waals surface area contributed by atoms with Crippen LogP contribution < -0.4 is 11.1 Å². The molecule has 5 nitrogen and oxygen atoms in total. The van der Waals surface area contributed by atoms with Gasteiger partial charge in [-0.3, -0.25) is 5.10 Å². The minimum absolute atomic E-state index is 0.460. The molecule has 0 aliphatic heterocycles. The van der Waals surface area contributed by atoms with Crippen LogP contribution in [0.25, 0.3) is 0 Å². The second-order valence-electron chi connectivity index (χ2n) is 3.82. The smallest absolute Gasteiger partial charge is 0.137 e. The summed E-state index contributed by atoms with van der Waals surface area (Å²) >= 11 is 11.8. The van der Waals surface area contributed by atoms with E-state index < -0.39 is 0 Å². The Morgan fingerprint density at radius 2 is 2.06 bits per heavy atom. The lowest BCUT2D eigenvalue weighted by molar-refractivity contribution is 0.806. The van der Waals surface area contributed by atoms with Crippen molar-refractivity contribution in [3.05, 3.63) is 34.3 Å². The predicted octanol–water partition coefficient (Wildman–Crippen LogP) is 2.74. The van der Waals surface area contributed by atoms with Gasteiger partial charge in [-0.25, -0.2) is 4.98 Å². The van der Waals surface area contributed by atoms with Gasteiger partial charge in [-0.05, 0) is 18.6 Å². The summed E-state index contributed by atoms with van der Waals surface area (Å²) in [7, 11) is 0. The standard InChI is InChI=1S/C11H13Cl2N5/c12-7-4-9(14)10(5-8(7)13)15-3-1-2-11-16-6-17-18-11/h4-6,15H,1-3,14H2,(H,16,17,18). The van der Waals surface area contributed by atoms with Crippen LogP contribution in [-0.2, 0) is 6.42 Å². The van der Waals surface area contributed by atoms with E-state index in [1.807, 2.05) is 0 Å². The maximum absolute atomic E-state index is 5.93. The van der Waals surface area contributed by atoms with Crippen molar-refractivity contribution >= 4 is 34.6 Å². The molecule has 0 spiro atoms. The van der Waals surface area contributed by atoms with E-state index >= 15 is 0 Å². The highest BCUT2D eigenvalue weighted by Gasteiger charge is 2.04. The van der Waals surface area contributed by atoms with Crippen molar-refractivity contribution in [3.8, 4) is 0 Å². The minimum atomic E-state index is 0.460. The molecule has 2 rings (SSSR count). The summed E-state index contributed by atoms with van der Waals surface area (Å²) in [6.45, 7) is 0.767. The Balaban J connectivity index is 1.85. The van der Waals surface area contributed by atoms with E-state index in [0.29, 0.717) is 15.7 Å². The number of halogens is 2. The number of aromatic amines is 1. The van der Waals surface area contributed by atoms with Crippen LogP contribution in [0.2, 0.25) is 10.0 Å². The zero-order valence-corrected chi connectivity index (χ0v) is 11.1. The lowest BCUT2D eigenvalue weighted by atomic mass is 10.2. The normalized spacial score (nSPS) is 10.6. The first kappa shape index (κ1) is 13.0. The summed E-state index contributed by atoms with van der Waals surface area (Å²) in [5.74, 6) is 0.874. The van der Waals surface area contributed by atoms with E-state index in [9.17, 15) is 0 Å². The number of H-pyrrole nitrogens is 1. The second-order valence-corrected chi connectivity index (χ2v) is 4.63. The lowest BCUT2D eigenvalue weighted by Gasteiger charge is -2.10. The summed E-state index contributed by atoms with van der Waals surface area (Å²) in [5.41, 5.74) is 7.21. The molecule has 1 aromatic carbocycles. The van der Waals surface area contributed by atoms with Crippen molar-refractivity contribution in [1.82, 2.24) is 15.2 Å². The first-order valence-electron chi connectivity index (χ1n) is 5.49. The van der Waals surface area contributed by atoms with Crippen molar-refractivity contribution in [1.29, 1.82) is 0 Å². The molecule has 96 valence electrons. The maximum Gasteiger partial charge on any atom is 0.137 e. The van der Waals surface area contributed by atoms with Crippen molar-refractivity contribution < 1.29 is 0 Å². The van der Waals surface area contributed by atoms with Crippen LogP contribution in [0.15, 0.2) is 18.5 Å². The van der Waals surface area contributed by atoms with E-state index in [0.717, 1.165) is 30.9 Å². The molecule has 0 bridgehead atoms. The number of nitrogen functional groups attached to an aromatic ring is 1. The van der Waals surface area contributed by atoms with Crippen LogP contribution in [0.4, 0.5) is 11.4 Å². The first-order valence-corrected chi connectivity index (χ1v) is 6.25. The van der Waals surface area contributed by atoms with E-state index in [1.165, 1.54) is 6.33 Å². The predicted molar refractivity (Wildman–Crippen MR) is 74.1 cm³/mol. The zero-order chi connectivity index (χ0) is 13.0. The van der Waals surface area contributed by atoms with Crippen molar-refractivity contribution in [3.63, 3.8) is 0 Å². The molecular formula is C11H13Cl2N5. The van der Waals surface area contributed by atoms with Crippen LogP contribution in [-0.4, -0.2) is 21.7 Å². The number of hydrogen-bond acceptors (Lipinski definition) is 4. The number of rotatable bonds is 5. The highest BCUT2D eigenvalue weighted by atomic mass is 35.5. The summed E-state index contributed by atoms with van der Waals surface area (Å²) in [4.78, 5) is 4.05. The van der Waals surface area contributed by atoms with E-state index in [1.54, 1.807) is 12.1 Å². The monoisotopic (exact) mass is 285 g/mol. The number of aryl methyl sites for hydroxylation is 1. The Bertz CT molecular complexity index is 512. The van der Waals surface area contributed by atoms with Gasteiger partial charge in [0.1, 0.15) is 12.2 Å². The summed E-state index contributed by atoms with van der Waals surface area (Å²) < 4.78 is 0. The topological polar surface area (TPSA) is 79.6 Å². The number of nitrogens with zero attached hydrogens (tertiary/aromatic N) is 2. The quantitative estimate of drug-likeness (QED) is 0.583. The molecule has 0 aliphatic rings. The summed E-state index contributed by atoms with van der Waals surface area (Å²) in [6, 6.07) is 3.37. The molecule has 0 saturated carbocycles. The number of nitrogens with one attached hydrogen (secondary N) is 2. The van der Waals surface area contributed by atoms with E-state index in [2.05, 4.69) is 20.5 Å². The maximum atomic E-state index is 5.93. The number of benzene rings is 1. The van der Waals surface area contributed by atoms with Crippen LogP contribution in [0, 0.1) is 0 Å². The molecule has 1 heterocycles. The van der Waals surface area contributed by atoms with Gasteiger partial charge in [-0.15, -0.1) is 0 Å². The second kappa shape index (κ2) is 5.93. The molecule has 0 fully saturated rings. The Hall–Kier alpha value is -1.46. The fraction of sp³-hybridized carbons (Fsp3) is 0.273. The number of hydrogen-bond donors (Lipinski definition) is 3. The number of anilines is 2. The molecule has 2 aromatic rings. The van der Waals surface area contributed by atoms with Gasteiger partial charge in [0.05, 0.1) is 21.4 Å². The molecule has 0 radical (unpaired) electrons. The molecule has 4 N–H and O–H groups in total.